The Balaban J connectivity index is 1.98. The fourth-order valence-corrected chi connectivity index (χ4v) is 3.33. The van der Waals surface area contributed by atoms with E-state index in [0.29, 0.717) is 56.9 Å². The number of hydrogen-bond acceptors (Lipinski definition) is 8. The molecule has 1 heterocycles. The van der Waals surface area contributed by atoms with E-state index in [4.69, 9.17) is 44.4 Å². The summed E-state index contributed by atoms with van der Waals surface area (Å²) in [6, 6.07) is 17.6. The molecule has 8 nitrogen and oxygen atoms in total. The van der Waals surface area contributed by atoms with Gasteiger partial charge in [0, 0.05) is 50.8 Å². The highest BCUT2D eigenvalue weighted by Crippen LogP contribution is 2.32. The molecule has 0 bridgehead atoms. The molecule has 0 aliphatic carbocycles. The van der Waals surface area contributed by atoms with E-state index < -0.39 is 0 Å². The Bertz CT molecular complexity index is 1040. The summed E-state index contributed by atoms with van der Waals surface area (Å²) >= 11 is 0. The largest absolute Gasteiger partial charge is 0.399 e. The predicted molar refractivity (Wildman–Crippen MR) is 125 cm³/mol. The topological polar surface area (TPSA) is 182 Å². The normalized spacial score (nSPS) is 10.8. The maximum Gasteiger partial charge on any atom is 0.160 e. The van der Waals surface area contributed by atoms with Crippen molar-refractivity contribution in [2.75, 3.05) is 34.4 Å². The molecular formula is C22H22N8. The second kappa shape index (κ2) is 7.17. The average molecular weight is 398 g/mol. The molecule has 0 spiro atoms. The molecule has 0 aliphatic heterocycles. The van der Waals surface area contributed by atoms with Gasteiger partial charge in [-0.3, -0.25) is 0 Å². The van der Waals surface area contributed by atoms with Gasteiger partial charge in [0.1, 0.15) is 0 Å². The summed E-state index contributed by atoms with van der Waals surface area (Å²) in [6.07, 6.45) is 0. The summed E-state index contributed by atoms with van der Waals surface area (Å²) in [6.45, 7) is 0. The summed E-state index contributed by atoms with van der Waals surface area (Å²) in [5.41, 5.74) is 42.5. The zero-order valence-corrected chi connectivity index (χ0v) is 16.1. The van der Waals surface area contributed by atoms with Crippen LogP contribution in [0.15, 0.2) is 60.7 Å². The summed E-state index contributed by atoms with van der Waals surface area (Å²) in [7, 11) is 0. The van der Waals surface area contributed by atoms with E-state index in [1.807, 2.05) is 6.07 Å². The first-order chi connectivity index (χ1) is 14.3. The van der Waals surface area contributed by atoms with Crippen LogP contribution in [0.4, 0.5) is 34.1 Å². The lowest BCUT2D eigenvalue weighted by Gasteiger charge is -2.12. The van der Waals surface area contributed by atoms with Crippen LogP contribution >= 0.6 is 0 Å². The van der Waals surface area contributed by atoms with Crippen LogP contribution in [0.3, 0.4) is 0 Å². The molecule has 8 heteroatoms. The third kappa shape index (κ3) is 3.88. The smallest absolute Gasteiger partial charge is 0.160 e. The Kier molecular flexibility index (Phi) is 4.51. The van der Waals surface area contributed by atoms with Crippen LogP contribution in [0.5, 0.6) is 0 Å². The van der Waals surface area contributed by atoms with Crippen molar-refractivity contribution in [1.29, 1.82) is 0 Å². The van der Waals surface area contributed by atoms with Gasteiger partial charge in [0.25, 0.3) is 0 Å². The van der Waals surface area contributed by atoms with Crippen LogP contribution < -0.4 is 34.4 Å². The first-order valence-electron chi connectivity index (χ1n) is 9.15. The molecule has 0 radical (unpaired) electrons. The van der Waals surface area contributed by atoms with Crippen molar-refractivity contribution in [3.05, 3.63) is 60.7 Å². The molecule has 0 fully saturated rings. The highest BCUT2D eigenvalue weighted by molar-refractivity contribution is 5.78. The van der Waals surface area contributed by atoms with Gasteiger partial charge in [-0.15, -0.1) is 0 Å². The number of benzene rings is 3. The van der Waals surface area contributed by atoms with Crippen LogP contribution in [0.1, 0.15) is 0 Å². The lowest BCUT2D eigenvalue weighted by atomic mass is 10.0. The van der Waals surface area contributed by atoms with Gasteiger partial charge in [-0.25, -0.2) is 9.97 Å². The van der Waals surface area contributed by atoms with Crippen molar-refractivity contribution >= 4 is 34.1 Å². The molecule has 0 saturated carbocycles. The van der Waals surface area contributed by atoms with Gasteiger partial charge in [0.2, 0.25) is 0 Å². The molecule has 150 valence electrons. The van der Waals surface area contributed by atoms with E-state index in [0.717, 1.165) is 11.1 Å². The molecule has 0 unspecified atom stereocenters. The molecule has 1 aromatic heterocycles. The summed E-state index contributed by atoms with van der Waals surface area (Å²) in [4.78, 5) is 9.43. The SMILES string of the molecule is Nc1cc(N)cc(-c2cc(-c3cc(N)cc(N)c3)nc(-c3cc(N)cc(N)c3)n2)c1. The number of anilines is 6. The number of nitrogens with zero attached hydrogens (tertiary/aromatic N) is 2. The number of aromatic nitrogens is 2. The minimum absolute atomic E-state index is 0.448. The zero-order valence-electron chi connectivity index (χ0n) is 16.1. The summed E-state index contributed by atoms with van der Waals surface area (Å²) in [5.74, 6) is 0.448. The minimum Gasteiger partial charge on any atom is -0.399 e. The van der Waals surface area contributed by atoms with Crippen molar-refractivity contribution in [3.8, 4) is 33.9 Å². The molecule has 12 N–H and O–H groups in total. The molecule has 0 aliphatic rings. The van der Waals surface area contributed by atoms with E-state index in [1.54, 1.807) is 54.6 Å². The van der Waals surface area contributed by atoms with Crippen molar-refractivity contribution in [1.82, 2.24) is 9.97 Å². The minimum atomic E-state index is 0.448. The van der Waals surface area contributed by atoms with Crippen LogP contribution in [0.25, 0.3) is 33.9 Å². The fourth-order valence-electron chi connectivity index (χ4n) is 3.33. The molecule has 0 atom stereocenters. The van der Waals surface area contributed by atoms with Crippen molar-refractivity contribution < 1.29 is 0 Å². The number of nitrogens with two attached hydrogens (primary N) is 6. The summed E-state index contributed by atoms with van der Waals surface area (Å²) in [5, 5.41) is 0. The van der Waals surface area contributed by atoms with Crippen molar-refractivity contribution in [2.24, 2.45) is 0 Å². The third-order valence-corrected chi connectivity index (χ3v) is 4.51. The molecule has 4 rings (SSSR count). The molecule has 3 aromatic carbocycles. The predicted octanol–water partition coefficient (Wildman–Crippen LogP) is 2.97. The van der Waals surface area contributed by atoms with E-state index in [1.165, 1.54) is 0 Å². The second-order valence-electron chi connectivity index (χ2n) is 7.13. The lowest BCUT2D eigenvalue weighted by molar-refractivity contribution is 1.18. The van der Waals surface area contributed by atoms with Gasteiger partial charge in [0.15, 0.2) is 5.82 Å². The highest BCUT2D eigenvalue weighted by Gasteiger charge is 2.13. The molecule has 0 amide bonds. The molecule has 0 saturated heterocycles. The van der Waals surface area contributed by atoms with Crippen LogP contribution in [-0.4, -0.2) is 9.97 Å². The van der Waals surface area contributed by atoms with Crippen LogP contribution in [0.2, 0.25) is 0 Å². The maximum absolute atomic E-state index is 5.99. The van der Waals surface area contributed by atoms with Gasteiger partial charge in [-0.2, -0.15) is 0 Å². The van der Waals surface area contributed by atoms with Crippen molar-refractivity contribution in [3.63, 3.8) is 0 Å². The Morgan fingerprint density at radius 3 is 1.00 bits per heavy atom. The number of nitrogen functional groups attached to an aromatic ring is 6. The van der Waals surface area contributed by atoms with Crippen LogP contribution in [-0.2, 0) is 0 Å². The van der Waals surface area contributed by atoms with Gasteiger partial charge in [-0.05, 0) is 60.7 Å². The molecule has 30 heavy (non-hydrogen) atoms. The van der Waals surface area contributed by atoms with Crippen molar-refractivity contribution in [2.45, 2.75) is 0 Å². The van der Waals surface area contributed by atoms with Gasteiger partial charge < -0.3 is 34.4 Å². The highest BCUT2D eigenvalue weighted by atomic mass is 14.9. The standard InChI is InChI=1S/C22H22N8/c23-14-1-11(2-15(24)7-14)20-10-21(12-3-16(25)8-17(26)4-12)30-22(29-20)13-5-18(27)9-19(28)6-13/h1-10H,23-28H2. The van der Waals surface area contributed by atoms with Gasteiger partial charge >= 0.3 is 0 Å². The second-order valence-corrected chi connectivity index (χ2v) is 7.13. The van der Waals surface area contributed by atoms with E-state index in [-0.39, 0.29) is 0 Å². The fraction of sp³-hybridized carbons (Fsp3) is 0. The lowest BCUT2D eigenvalue weighted by Crippen LogP contribution is -2.00. The van der Waals surface area contributed by atoms with E-state index in [9.17, 15) is 0 Å². The monoisotopic (exact) mass is 398 g/mol. The Morgan fingerprint density at radius 1 is 0.367 bits per heavy atom. The van der Waals surface area contributed by atoms with Crippen LogP contribution in [0, 0.1) is 0 Å². The van der Waals surface area contributed by atoms with E-state index >= 15 is 0 Å². The Hall–Kier alpha value is -4.46. The summed E-state index contributed by atoms with van der Waals surface area (Å²) < 4.78 is 0. The Labute approximate surface area is 173 Å². The quantitative estimate of drug-likeness (QED) is 0.285. The average Bonchev–Trinajstić information content (AvgIpc) is 2.65. The van der Waals surface area contributed by atoms with E-state index in [2.05, 4.69) is 0 Å². The molecular weight excluding hydrogens is 376 g/mol. The maximum atomic E-state index is 5.99. The van der Waals surface area contributed by atoms with Gasteiger partial charge in [-0.1, -0.05) is 0 Å². The Morgan fingerprint density at radius 2 is 0.667 bits per heavy atom. The first kappa shape index (κ1) is 18.9. The number of hydrogen-bond donors (Lipinski definition) is 6. The number of rotatable bonds is 3. The van der Waals surface area contributed by atoms with Gasteiger partial charge in [0.05, 0.1) is 11.4 Å². The third-order valence-electron chi connectivity index (χ3n) is 4.51. The molecule has 4 aromatic rings. The first-order valence-corrected chi connectivity index (χ1v) is 9.15. The zero-order chi connectivity index (χ0) is 21.4.